The van der Waals surface area contributed by atoms with Crippen LogP contribution in [-0.2, 0) is 0 Å². The third-order valence-corrected chi connectivity index (χ3v) is 4.38. The fraction of sp³-hybridized carbons (Fsp3) is 0. The van der Waals surface area contributed by atoms with Gasteiger partial charge in [0.25, 0.3) is 0 Å². The summed E-state index contributed by atoms with van der Waals surface area (Å²) in [7, 11) is 0. The molecule has 2 aromatic carbocycles. The van der Waals surface area contributed by atoms with E-state index in [0.29, 0.717) is 15.6 Å². The van der Waals surface area contributed by atoms with E-state index in [0.717, 1.165) is 23.4 Å². The zero-order valence-electron chi connectivity index (χ0n) is 12.1. The van der Waals surface area contributed by atoms with Crippen LogP contribution in [0, 0.1) is 23.0 Å². The first-order chi connectivity index (χ1) is 11.6. The summed E-state index contributed by atoms with van der Waals surface area (Å²) in [4.78, 5) is 4.43. The van der Waals surface area contributed by atoms with E-state index in [1.807, 2.05) is 23.6 Å². The van der Waals surface area contributed by atoms with Crippen molar-refractivity contribution in [2.45, 2.75) is 0 Å². The Balaban J connectivity index is 1.94. The first kappa shape index (κ1) is 16.3. The second-order valence-electron chi connectivity index (χ2n) is 4.89. The molecular formula is C18H9ClF2N2S. The molecule has 0 unspecified atom stereocenters. The lowest BCUT2D eigenvalue weighted by Gasteiger charge is -1.98. The molecule has 3 rings (SSSR count). The number of rotatable bonds is 3. The van der Waals surface area contributed by atoms with Crippen LogP contribution in [0.1, 0.15) is 10.6 Å². The van der Waals surface area contributed by atoms with Crippen molar-refractivity contribution in [3.63, 3.8) is 0 Å². The van der Waals surface area contributed by atoms with Gasteiger partial charge in [-0.3, -0.25) is 0 Å². The SMILES string of the molecule is N#C/C(=C\c1ccc(F)c(F)c1)c1nc(-c2ccc(Cl)cc2)cs1. The maximum atomic E-state index is 13.3. The summed E-state index contributed by atoms with van der Waals surface area (Å²) in [5.74, 6) is -1.88. The van der Waals surface area contributed by atoms with Crippen molar-refractivity contribution >= 4 is 34.6 Å². The minimum absolute atomic E-state index is 0.284. The smallest absolute Gasteiger partial charge is 0.159 e. The van der Waals surface area contributed by atoms with Crippen molar-refractivity contribution in [2.24, 2.45) is 0 Å². The van der Waals surface area contributed by atoms with Crippen LogP contribution in [0.5, 0.6) is 0 Å². The lowest BCUT2D eigenvalue weighted by molar-refractivity contribution is 0.508. The van der Waals surface area contributed by atoms with E-state index < -0.39 is 11.6 Å². The molecule has 0 amide bonds. The van der Waals surface area contributed by atoms with Crippen LogP contribution < -0.4 is 0 Å². The third-order valence-electron chi connectivity index (χ3n) is 3.25. The van der Waals surface area contributed by atoms with Gasteiger partial charge in [-0.1, -0.05) is 29.8 Å². The highest BCUT2D eigenvalue weighted by Crippen LogP contribution is 2.28. The van der Waals surface area contributed by atoms with Gasteiger partial charge < -0.3 is 0 Å². The van der Waals surface area contributed by atoms with Gasteiger partial charge in [0.1, 0.15) is 11.1 Å². The van der Waals surface area contributed by atoms with E-state index in [4.69, 9.17) is 11.6 Å². The predicted octanol–water partition coefficient (Wildman–Crippen LogP) is 5.81. The molecule has 0 aliphatic heterocycles. The predicted molar refractivity (Wildman–Crippen MR) is 92.4 cm³/mol. The van der Waals surface area contributed by atoms with Crippen molar-refractivity contribution in [1.29, 1.82) is 5.26 Å². The van der Waals surface area contributed by atoms with E-state index in [2.05, 4.69) is 4.98 Å². The van der Waals surface area contributed by atoms with E-state index in [-0.39, 0.29) is 5.57 Å². The first-order valence-corrected chi connectivity index (χ1v) is 8.11. The van der Waals surface area contributed by atoms with Gasteiger partial charge in [0.2, 0.25) is 0 Å². The molecule has 0 bridgehead atoms. The molecule has 0 radical (unpaired) electrons. The first-order valence-electron chi connectivity index (χ1n) is 6.85. The van der Waals surface area contributed by atoms with Gasteiger partial charge in [-0.25, -0.2) is 13.8 Å². The monoisotopic (exact) mass is 358 g/mol. The summed E-state index contributed by atoms with van der Waals surface area (Å²) in [5, 5.41) is 12.3. The number of aromatic nitrogens is 1. The highest BCUT2D eigenvalue weighted by Gasteiger charge is 2.10. The summed E-state index contributed by atoms with van der Waals surface area (Å²) in [6, 6.07) is 12.7. The largest absolute Gasteiger partial charge is 0.235 e. The Labute approximate surface area is 146 Å². The molecule has 1 heterocycles. The summed E-state index contributed by atoms with van der Waals surface area (Å²) < 4.78 is 26.3. The fourth-order valence-electron chi connectivity index (χ4n) is 2.06. The van der Waals surface area contributed by atoms with Gasteiger partial charge in [0.15, 0.2) is 11.6 Å². The Morgan fingerprint density at radius 3 is 2.54 bits per heavy atom. The molecule has 118 valence electrons. The molecule has 0 atom stereocenters. The van der Waals surface area contributed by atoms with Crippen molar-refractivity contribution in [3.8, 4) is 17.3 Å². The zero-order valence-corrected chi connectivity index (χ0v) is 13.7. The maximum Gasteiger partial charge on any atom is 0.159 e. The van der Waals surface area contributed by atoms with E-state index in [1.54, 1.807) is 12.1 Å². The molecular weight excluding hydrogens is 350 g/mol. The molecule has 24 heavy (non-hydrogen) atoms. The van der Waals surface area contributed by atoms with Gasteiger partial charge in [0, 0.05) is 16.0 Å². The molecule has 0 spiro atoms. The van der Waals surface area contributed by atoms with Crippen LogP contribution in [0.2, 0.25) is 5.02 Å². The number of benzene rings is 2. The van der Waals surface area contributed by atoms with Gasteiger partial charge in [-0.05, 0) is 35.9 Å². The number of nitriles is 1. The van der Waals surface area contributed by atoms with Crippen LogP contribution in [0.25, 0.3) is 22.9 Å². The molecule has 0 N–H and O–H groups in total. The van der Waals surface area contributed by atoms with E-state index in [1.165, 1.54) is 23.5 Å². The minimum Gasteiger partial charge on any atom is -0.235 e. The second kappa shape index (κ2) is 6.91. The number of hydrogen-bond donors (Lipinski definition) is 0. The van der Waals surface area contributed by atoms with E-state index >= 15 is 0 Å². The fourth-order valence-corrected chi connectivity index (χ4v) is 2.98. The third kappa shape index (κ3) is 3.51. The Morgan fingerprint density at radius 2 is 1.88 bits per heavy atom. The maximum absolute atomic E-state index is 13.3. The molecule has 2 nitrogen and oxygen atoms in total. The minimum atomic E-state index is -0.956. The average molecular weight is 359 g/mol. The van der Waals surface area contributed by atoms with Crippen molar-refractivity contribution in [1.82, 2.24) is 4.98 Å². The normalized spacial score (nSPS) is 11.3. The number of hydrogen-bond acceptors (Lipinski definition) is 3. The summed E-state index contributed by atoms with van der Waals surface area (Å²) in [6.07, 6.45) is 1.48. The molecule has 0 aliphatic carbocycles. The Bertz CT molecular complexity index is 956. The molecule has 0 fully saturated rings. The number of nitrogens with zero attached hydrogens (tertiary/aromatic N) is 2. The van der Waals surface area contributed by atoms with Crippen molar-refractivity contribution < 1.29 is 8.78 Å². The van der Waals surface area contributed by atoms with Crippen molar-refractivity contribution in [2.75, 3.05) is 0 Å². The molecule has 3 aromatic rings. The quantitative estimate of drug-likeness (QED) is 0.554. The van der Waals surface area contributed by atoms with Crippen LogP contribution in [0.4, 0.5) is 8.78 Å². The van der Waals surface area contributed by atoms with Gasteiger partial charge in [-0.2, -0.15) is 5.26 Å². The zero-order chi connectivity index (χ0) is 17.1. The summed E-state index contributed by atoms with van der Waals surface area (Å²) in [6.45, 7) is 0. The topological polar surface area (TPSA) is 36.7 Å². The highest BCUT2D eigenvalue weighted by atomic mass is 35.5. The van der Waals surface area contributed by atoms with Crippen LogP contribution in [0.3, 0.4) is 0 Å². The Hall–Kier alpha value is -2.55. The van der Waals surface area contributed by atoms with Crippen LogP contribution in [-0.4, -0.2) is 4.98 Å². The number of allylic oxidation sites excluding steroid dienone is 1. The van der Waals surface area contributed by atoms with Gasteiger partial charge in [0.05, 0.1) is 11.3 Å². The van der Waals surface area contributed by atoms with Crippen LogP contribution in [0.15, 0.2) is 47.8 Å². The Morgan fingerprint density at radius 1 is 1.12 bits per heavy atom. The van der Waals surface area contributed by atoms with Crippen molar-refractivity contribution in [3.05, 3.63) is 75.1 Å². The molecule has 0 aliphatic rings. The molecule has 0 saturated heterocycles. The molecule has 6 heteroatoms. The lowest BCUT2D eigenvalue weighted by atomic mass is 10.1. The summed E-state index contributed by atoms with van der Waals surface area (Å²) in [5.41, 5.74) is 2.28. The average Bonchev–Trinajstić information content (AvgIpc) is 3.06. The van der Waals surface area contributed by atoms with Crippen LogP contribution >= 0.6 is 22.9 Å². The number of thiazole rings is 1. The Kier molecular flexibility index (Phi) is 4.70. The molecule has 0 saturated carbocycles. The number of halogens is 3. The van der Waals surface area contributed by atoms with Gasteiger partial charge in [-0.15, -0.1) is 11.3 Å². The highest BCUT2D eigenvalue weighted by molar-refractivity contribution is 7.11. The summed E-state index contributed by atoms with van der Waals surface area (Å²) >= 11 is 7.17. The molecule has 1 aromatic heterocycles. The standard InChI is InChI=1S/C18H9ClF2N2S/c19-14-4-2-12(3-5-14)17-10-24-18(23-17)13(9-22)7-11-1-6-15(20)16(21)8-11/h1-8,10H/b13-7+. The van der Waals surface area contributed by atoms with Gasteiger partial charge >= 0.3 is 0 Å². The lowest BCUT2D eigenvalue weighted by Crippen LogP contribution is -1.86. The second-order valence-corrected chi connectivity index (χ2v) is 6.18. The van der Waals surface area contributed by atoms with E-state index in [9.17, 15) is 14.0 Å².